The molecule has 0 heterocycles. The summed E-state index contributed by atoms with van der Waals surface area (Å²) in [6.45, 7) is 2.63. The topological polar surface area (TPSA) is 59.0 Å². The molecule has 0 fully saturated rings. The lowest BCUT2D eigenvalue weighted by atomic mass is 10.0. The Morgan fingerprint density at radius 2 is 2.00 bits per heavy atom. The summed E-state index contributed by atoms with van der Waals surface area (Å²) in [5.74, 6) is 0.784. The summed E-state index contributed by atoms with van der Waals surface area (Å²) in [6.07, 6.45) is 3.06. The molecule has 0 bridgehead atoms. The zero-order valence-electron chi connectivity index (χ0n) is 11.0. The molecular formula is C14H18Br2N2O. The number of halogens is 2. The van der Waals surface area contributed by atoms with Gasteiger partial charge in [0.05, 0.1) is 21.6 Å². The van der Waals surface area contributed by atoms with E-state index < -0.39 is 0 Å². The van der Waals surface area contributed by atoms with Crippen molar-refractivity contribution in [2.24, 2.45) is 5.73 Å². The molecule has 104 valence electrons. The monoisotopic (exact) mass is 388 g/mol. The molecule has 19 heavy (non-hydrogen) atoms. The van der Waals surface area contributed by atoms with Gasteiger partial charge in [0.2, 0.25) is 0 Å². The third kappa shape index (κ3) is 5.52. The van der Waals surface area contributed by atoms with Gasteiger partial charge in [-0.3, -0.25) is 0 Å². The Morgan fingerprint density at radius 3 is 2.53 bits per heavy atom. The van der Waals surface area contributed by atoms with Crippen LogP contribution in [0.3, 0.4) is 0 Å². The van der Waals surface area contributed by atoms with E-state index in [1.807, 2.05) is 12.1 Å². The third-order valence-corrected chi connectivity index (χ3v) is 3.94. The largest absolute Gasteiger partial charge is 0.491 e. The van der Waals surface area contributed by atoms with Gasteiger partial charge in [-0.05, 0) is 68.8 Å². The van der Waals surface area contributed by atoms with Crippen molar-refractivity contribution in [3.05, 3.63) is 26.6 Å². The Hall–Kier alpha value is -0.570. The van der Waals surface area contributed by atoms with Crippen LogP contribution in [-0.4, -0.2) is 12.6 Å². The van der Waals surface area contributed by atoms with E-state index in [2.05, 4.69) is 44.9 Å². The van der Waals surface area contributed by atoms with Gasteiger partial charge in [0.1, 0.15) is 5.75 Å². The number of rotatable bonds is 7. The van der Waals surface area contributed by atoms with Crippen molar-refractivity contribution in [3.8, 4) is 11.8 Å². The lowest BCUT2D eigenvalue weighted by Crippen LogP contribution is -2.21. The van der Waals surface area contributed by atoms with Crippen LogP contribution in [0.1, 0.15) is 31.7 Å². The number of hydrogen-bond donors (Lipinski definition) is 1. The average Bonchev–Trinajstić information content (AvgIpc) is 2.37. The molecule has 0 aliphatic carbocycles. The highest BCUT2D eigenvalue weighted by Gasteiger charge is 2.10. The fourth-order valence-electron chi connectivity index (χ4n) is 1.64. The number of nitrogens with zero attached hydrogens (tertiary/aromatic N) is 1. The Morgan fingerprint density at radius 1 is 1.37 bits per heavy atom. The fraction of sp³-hybridized carbons (Fsp3) is 0.500. The number of nitriles is 1. The summed E-state index contributed by atoms with van der Waals surface area (Å²) in [6, 6.07) is 6.37. The van der Waals surface area contributed by atoms with Crippen LogP contribution in [0, 0.1) is 11.3 Å². The molecular weight excluding hydrogens is 372 g/mol. The van der Waals surface area contributed by atoms with E-state index in [4.69, 9.17) is 15.7 Å². The number of unbranched alkanes of at least 4 members (excludes halogenated alkanes) is 1. The highest BCUT2D eigenvalue weighted by atomic mass is 79.9. The highest BCUT2D eigenvalue weighted by Crippen LogP contribution is 2.35. The van der Waals surface area contributed by atoms with Crippen LogP contribution in [0.15, 0.2) is 21.1 Å². The first-order valence-corrected chi connectivity index (χ1v) is 7.90. The zero-order valence-corrected chi connectivity index (χ0v) is 14.1. The van der Waals surface area contributed by atoms with Crippen molar-refractivity contribution in [1.29, 1.82) is 5.26 Å². The van der Waals surface area contributed by atoms with Crippen LogP contribution in [0.4, 0.5) is 0 Å². The van der Waals surface area contributed by atoms with Crippen LogP contribution in [0.5, 0.6) is 5.75 Å². The highest BCUT2D eigenvalue weighted by molar-refractivity contribution is 9.11. The van der Waals surface area contributed by atoms with Gasteiger partial charge in [-0.15, -0.1) is 0 Å². The normalized spacial score (nSPS) is 11.9. The first-order valence-electron chi connectivity index (χ1n) is 6.31. The quantitative estimate of drug-likeness (QED) is 0.711. The molecule has 3 nitrogen and oxygen atoms in total. The third-order valence-electron chi connectivity index (χ3n) is 2.76. The molecule has 0 saturated carbocycles. The lowest BCUT2D eigenvalue weighted by molar-refractivity contribution is 0.309. The molecule has 1 unspecified atom stereocenters. The van der Waals surface area contributed by atoms with E-state index in [1.165, 1.54) is 5.56 Å². The van der Waals surface area contributed by atoms with Gasteiger partial charge in [0, 0.05) is 12.5 Å². The SMILES string of the molecule is CCC(N)Cc1cc(Br)c(OCCCC#N)c(Br)c1. The Kier molecular flexibility index (Phi) is 7.44. The molecule has 5 heteroatoms. The summed E-state index contributed by atoms with van der Waals surface area (Å²) < 4.78 is 7.51. The van der Waals surface area contributed by atoms with Gasteiger partial charge in [-0.2, -0.15) is 5.26 Å². The molecule has 1 aromatic carbocycles. The molecule has 0 radical (unpaired) electrons. The van der Waals surface area contributed by atoms with E-state index in [9.17, 15) is 0 Å². The molecule has 2 N–H and O–H groups in total. The smallest absolute Gasteiger partial charge is 0.147 e. The summed E-state index contributed by atoms with van der Waals surface area (Å²) in [7, 11) is 0. The fourth-order valence-corrected chi connectivity index (χ4v) is 3.15. The second kappa shape index (κ2) is 8.57. The van der Waals surface area contributed by atoms with Crippen LogP contribution < -0.4 is 10.5 Å². The van der Waals surface area contributed by atoms with Crippen molar-refractivity contribution in [1.82, 2.24) is 0 Å². The Bertz CT molecular complexity index is 434. The number of hydrogen-bond acceptors (Lipinski definition) is 3. The van der Waals surface area contributed by atoms with Gasteiger partial charge in [0.25, 0.3) is 0 Å². The molecule has 0 aliphatic heterocycles. The number of nitrogens with two attached hydrogens (primary N) is 1. The molecule has 0 aliphatic rings. The standard InChI is InChI=1S/C14H18Br2N2O/c1-2-11(18)7-10-8-12(15)14(13(16)9-10)19-6-4-3-5-17/h8-9,11H,2-4,6-7,18H2,1H3. The van der Waals surface area contributed by atoms with Gasteiger partial charge in [0.15, 0.2) is 0 Å². The second-order valence-corrected chi connectivity index (χ2v) is 6.08. The lowest BCUT2D eigenvalue weighted by Gasteiger charge is -2.14. The van der Waals surface area contributed by atoms with E-state index >= 15 is 0 Å². The van der Waals surface area contributed by atoms with Crippen LogP contribution in [-0.2, 0) is 6.42 Å². The van der Waals surface area contributed by atoms with Crippen molar-refractivity contribution in [2.75, 3.05) is 6.61 Å². The van der Waals surface area contributed by atoms with Crippen LogP contribution in [0.25, 0.3) is 0 Å². The van der Waals surface area contributed by atoms with Gasteiger partial charge < -0.3 is 10.5 Å². The van der Waals surface area contributed by atoms with Gasteiger partial charge in [-0.25, -0.2) is 0 Å². The van der Waals surface area contributed by atoms with Crippen molar-refractivity contribution in [2.45, 2.75) is 38.6 Å². The van der Waals surface area contributed by atoms with E-state index in [0.717, 1.165) is 34.0 Å². The minimum atomic E-state index is 0.182. The average molecular weight is 390 g/mol. The molecule has 0 saturated heterocycles. The summed E-state index contributed by atoms with van der Waals surface area (Å²) in [5.41, 5.74) is 7.14. The van der Waals surface area contributed by atoms with Gasteiger partial charge in [-0.1, -0.05) is 6.92 Å². The van der Waals surface area contributed by atoms with E-state index in [-0.39, 0.29) is 6.04 Å². The van der Waals surface area contributed by atoms with Crippen molar-refractivity contribution >= 4 is 31.9 Å². The number of benzene rings is 1. The summed E-state index contributed by atoms with van der Waals surface area (Å²) in [5, 5.41) is 8.48. The molecule has 0 amide bonds. The minimum absolute atomic E-state index is 0.182. The minimum Gasteiger partial charge on any atom is -0.491 e. The molecule has 1 atom stereocenters. The molecule has 0 spiro atoms. The Balaban J connectivity index is 2.71. The van der Waals surface area contributed by atoms with Crippen LogP contribution in [0.2, 0.25) is 0 Å². The predicted molar refractivity (Wildman–Crippen MR) is 84.2 cm³/mol. The first-order chi connectivity index (χ1) is 9.08. The first kappa shape index (κ1) is 16.5. The Labute approximate surface area is 131 Å². The predicted octanol–water partition coefficient (Wildman–Crippen LogP) is 4.17. The number of ether oxygens (including phenoxy) is 1. The van der Waals surface area contributed by atoms with Crippen molar-refractivity contribution < 1.29 is 4.74 Å². The molecule has 1 aromatic rings. The van der Waals surface area contributed by atoms with E-state index in [0.29, 0.717) is 13.0 Å². The molecule has 1 rings (SSSR count). The zero-order chi connectivity index (χ0) is 14.3. The van der Waals surface area contributed by atoms with Crippen LogP contribution >= 0.6 is 31.9 Å². The van der Waals surface area contributed by atoms with Crippen molar-refractivity contribution in [3.63, 3.8) is 0 Å². The van der Waals surface area contributed by atoms with Gasteiger partial charge >= 0.3 is 0 Å². The maximum Gasteiger partial charge on any atom is 0.147 e. The second-order valence-electron chi connectivity index (χ2n) is 4.37. The summed E-state index contributed by atoms with van der Waals surface area (Å²) >= 11 is 7.04. The molecule has 0 aromatic heterocycles. The maximum absolute atomic E-state index is 8.48. The summed E-state index contributed by atoms with van der Waals surface area (Å²) in [4.78, 5) is 0. The van der Waals surface area contributed by atoms with E-state index in [1.54, 1.807) is 0 Å². The maximum atomic E-state index is 8.48.